The fourth-order valence-electron chi connectivity index (χ4n) is 1.15. The van der Waals surface area contributed by atoms with Crippen LogP contribution in [0.25, 0.3) is 0 Å². The third-order valence-corrected chi connectivity index (χ3v) is 2.57. The van der Waals surface area contributed by atoms with E-state index in [0.717, 1.165) is 10.0 Å². The van der Waals surface area contributed by atoms with Crippen LogP contribution in [0.5, 0.6) is 0 Å². The molecule has 0 aliphatic rings. The summed E-state index contributed by atoms with van der Waals surface area (Å²) >= 11 is 9.14. The Balaban J connectivity index is 2.76. The highest BCUT2D eigenvalue weighted by Crippen LogP contribution is 2.22. The van der Waals surface area contributed by atoms with Crippen LogP contribution in [0.2, 0.25) is 0 Å². The first kappa shape index (κ1) is 13.3. The fourth-order valence-corrected chi connectivity index (χ4v) is 1.78. The molecule has 0 heterocycles. The van der Waals surface area contributed by atoms with Crippen molar-refractivity contribution in [2.75, 3.05) is 19.4 Å². The van der Waals surface area contributed by atoms with E-state index < -0.39 is 0 Å². The molecule has 0 fully saturated rings. The first-order chi connectivity index (χ1) is 7.52. The molecule has 0 unspecified atom stereocenters. The lowest BCUT2D eigenvalue weighted by Crippen LogP contribution is -2.39. The summed E-state index contributed by atoms with van der Waals surface area (Å²) in [6.07, 6.45) is 0. The summed E-state index contributed by atoms with van der Waals surface area (Å²) < 4.78 is 0.932. The predicted octanol–water partition coefficient (Wildman–Crippen LogP) is 2.79. The lowest BCUT2D eigenvalue weighted by Gasteiger charge is -2.14. The van der Waals surface area contributed by atoms with E-state index in [1.165, 1.54) is 0 Å². The Hall–Kier alpha value is -0.780. The van der Waals surface area contributed by atoms with Crippen molar-refractivity contribution in [2.24, 2.45) is 0 Å². The topological polar surface area (TPSA) is 44.4 Å². The molecule has 1 aromatic rings. The molecular formula is C10H13BrClN3O. The van der Waals surface area contributed by atoms with Crippen molar-refractivity contribution in [3.8, 4) is 0 Å². The molecule has 0 aliphatic heterocycles. The maximum Gasteiger partial charge on any atom is 0.333 e. The van der Waals surface area contributed by atoms with Gasteiger partial charge in [0.1, 0.15) is 0 Å². The Morgan fingerprint density at radius 2 is 2.19 bits per heavy atom. The second-order valence-electron chi connectivity index (χ2n) is 3.40. The van der Waals surface area contributed by atoms with Crippen LogP contribution in [0.3, 0.4) is 0 Å². The number of benzene rings is 1. The quantitative estimate of drug-likeness (QED) is 0.666. The van der Waals surface area contributed by atoms with Gasteiger partial charge in [-0.3, -0.25) is 5.43 Å². The summed E-state index contributed by atoms with van der Waals surface area (Å²) in [7, 11) is 3.48. The van der Waals surface area contributed by atoms with E-state index in [1.807, 2.05) is 12.1 Å². The molecule has 0 saturated heterocycles. The lowest BCUT2D eigenvalue weighted by molar-refractivity contribution is 0.224. The minimum atomic E-state index is -0.293. The van der Waals surface area contributed by atoms with Gasteiger partial charge in [-0.2, -0.15) is 0 Å². The van der Waals surface area contributed by atoms with Crippen LogP contribution in [-0.2, 0) is 5.88 Å². The monoisotopic (exact) mass is 305 g/mol. The van der Waals surface area contributed by atoms with Gasteiger partial charge in [-0.1, -0.05) is 15.9 Å². The van der Waals surface area contributed by atoms with Crippen molar-refractivity contribution in [3.63, 3.8) is 0 Å². The average molecular weight is 307 g/mol. The van der Waals surface area contributed by atoms with Gasteiger partial charge in [0.2, 0.25) is 0 Å². The van der Waals surface area contributed by atoms with E-state index in [4.69, 9.17) is 11.6 Å². The van der Waals surface area contributed by atoms with Crippen molar-refractivity contribution in [1.82, 2.24) is 10.4 Å². The number of hydrogen-bond acceptors (Lipinski definition) is 2. The van der Waals surface area contributed by atoms with Crippen LogP contribution in [0.15, 0.2) is 22.7 Å². The zero-order valence-electron chi connectivity index (χ0n) is 9.05. The number of amides is 2. The normalized spacial score (nSPS) is 10.3. The molecule has 0 aromatic heterocycles. The van der Waals surface area contributed by atoms with E-state index in [2.05, 4.69) is 26.7 Å². The van der Waals surface area contributed by atoms with Crippen LogP contribution in [0, 0.1) is 0 Å². The average Bonchev–Trinajstić information content (AvgIpc) is 2.19. The predicted molar refractivity (Wildman–Crippen MR) is 69.5 cm³/mol. The SMILES string of the molecule is CN(C)NC(=O)Nc1ccc(Br)cc1CCl. The highest BCUT2D eigenvalue weighted by atomic mass is 79.9. The van der Waals surface area contributed by atoms with E-state index in [-0.39, 0.29) is 6.03 Å². The number of hydrazine groups is 1. The first-order valence-corrected chi connectivity index (χ1v) is 5.95. The van der Waals surface area contributed by atoms with E-state index >= 15 is 0 Å². The molecule has 0 saturated carbocycles. The summed E-state index contributed by atoms with van der Waals surface area (Å²) in [5, 5.41) is 4.29. The standard InChI is InChI=1S/C10H13BrClN3O/c1-15(2)14-10(16)13-9-4-3-8(11)5-7(9)6-12/h3-5H,6H2,1-2H3,(H2,13,14,16). The third-order valence-electron chi connectivity index (χ3n) is 1.78. The molecular weight excluding hydrogens is 293 g/mol. The maximum atomic E-state index is 11.5. The van der Waals surface area contributed by atoms with Crippen LogP contribution >= 0.6 is 27.5 Å². The molecule has 1 rings (SSSR count). The highest BCUT2D eigenvalue weighted by Gasteiger charge is 2.06. The molecule has 4 nitrogen and oxygen atoms in total. The molecule has 0 aliphatic carbocycles. The number of anilines is 1. The summed E-state index contributed by atoms with van der Waals surface area (Å²) in [6, 6.07) is 5.23. The smallest absolute Gasteiger partial charge is 0.307 e. The zero-order chi connectivity index (χ0) is 12.1. The number of nitrogens with one attached hydrogen (secondary N) is 2. The van der Waals surface area contributed by atoms with Gasteiger partial charge >= 0.3 is 6.03 Å². The minimum absolute atomic E-state index is 0.293. The molecule has 1 aromatic carbocycles. The second-order valence-corrected chi connectivity index (χ2v) is 4.58. The van der Waals surface area contributed by atoms with Gasteiger partial charge in [-0.05, 0) is 23.8 Å². The fraction of sp³-hybridized carbons (Fsp3) is 0.300. The number of rotatable bonds is 3. The number of carbonyl (C=O) groups excluding carboxylic acids is 1. The molecule has 0 bridgehead atoms. The third kappa shape index (κ3) is 4.00. The number of alkyl halides is 1. The van der Waals surface area contributed by atoms with Gasteiger partial charge in [0.15, 0.2) is 0 Å². The Morgan fingerprint density at radius 3 is 2.75 bits per heavy atom. The van der Waals surface area contributed by atoms with E-state index in [1.54, 1.807) is 25.2 Å². The second kappa shape index (κ2) is 6.08. The molecule has 0 spiro atoms. The molecule has 2 amide bonds. The van der Waals surface area contributed by atoms with Crippen molar-refractivity contribution >= 4 is 39.2 Å². The number of carbonyl (C=O) groups is 1. The number of hydrogen-bond donors (Lipinski definition) is 2. The Labute approximate surface area is 108 Å². The lowest BCUT2D eigenvalue weighted by atomic mass is 10.2. The maximum absolute atomic E-state index is 11.5. The summed E-state index contributed by atoms with van der Waals surface area (Å²) in [6.45, 7) is 0. The van der Waals surface area contributed by atoms with Gasteiger partial charge in [0.05, 0.1) is 0 Å². The summed E-state index contributed by atoms with van der Waals surface area (Å²) in [5.74, 6) is 0.344. The van der Waals surface area contributed by atoms with Gasteiger partial charge < -0.3 is 5.32 Å². The number of halogens is 2. The van der Waals surface area contributed by atoms with Crippen molar-refractivity contribution in [1.29, 1.82) is 0 Å². The molecule has 2 N–H and O–H groups in total. The van der Waals surface area contributed by atoms with Crippen LogP contribution in [0.4, 0.5) is 10.5 Å². The molecule has 88 valence electrons. The Bertz CT molecular complexity index is 384. The van der Waals surface area contributed by atoms with Crippen LogP contribution in [-0.4, -0.2) is 25.1 Å². The van der Waals surface area contributed by atoms with Crippen molar-refractivity contribution in [2.45, 2.75) is 5.88 Å². The van der Waals surface area contributed by atoms with Crippen LogP contribution in [0.1, 0.15) is 5.56 Å². The van der Waals surface area contributed by atoms with Gasteiger partial charge in [-0.25, -0.2) is 9.80 Å². The zero-order valence-corrected chi connectivity index (χ0v) is 11.4. The Morgan fingerprint density at radius 1 is 1.50 bits per heavy atom. The molecule has 0 atom stereocenters. The minimum Gasteiger partial charge on any atom is -0.307 e. The van der Waals surface area contributed by atoms with Crippen molar-refractivity contribution in [3.05, 3.63) is 28.2 Å². The molecule has 0 radical (unpaired) electrons. The van der Waals surface area contributed by atoms with Crippen LogP contribution < -0.4 is 10.7 Å². The summed E-state index contributed by atoms with van der Waals surface area (Å²) in [5.41, 5.74) is 4.16. The Kier molecular flexibility index (Phi) is 5.05. The van der Waals surface area contributed by atoms with Gasteiger partial charge in [0, 0.05) is 30.1 Å². The highest BCUT2D eigenvalue weighted by molar-refractivity contribution is 9.10. The van der Waals surface area contributed by atoms with Gasteiger partial charge in [0.25, 0.3) is 0 Å². The van der Waals surface area contributed by atoms with Crippen molar-refractivity contribution < 1.29 is 4.79 Å². The van der Waals surface area contributed by atoms with Gasteiger partial charge in [-0.15, -0.1) is 11.6 Å². The van der Waals surface area contributed by atoms with E-state index in [0.29, 0.717) is 11.6 Å². The first-order valence-electron chi connectivity index (χ1n) is 4.62. The van der Waals surface area contributed by atoms with E-state index in [9.17, 15) is 4.79 Å². The molecule has 6 heteroatoms. The molecule has 16 heavy (non-hydrogen) atoms. The summed E-state index contributed by atoms with van der Waals surface area (Å²) in [4.78, 5) is 11.5. The largest absolute Gasteiger partial charge is 0.333 e. The number of urea groups is 1. The number of nitrogens with zero attached hydrogens (tertiary/aromatic N) is 1.